The fourth-order valence-corrected chi connectivity index (χ4v) is 3.97. The van der Waals surface area contributed by atoms with Gasteiger partial charge in [0, 0.05) is 10.7 Å². The highest BCUT2D eigenvalue weighted by Crippen LogP contribution is 2.36. The van der Waals surface area contributed by atoms with E-state index in [-0.39, 0.29) is 22.3 Å². The quantitative estimate of drug-likeness (QED) is 0.654. The van der Waals surface area contributed by atoms with Crippen LogP contribution in [0.2, 0.25) is 20.1 Å². The largest absolute Gasteiger partial charge is 0.324 e. The Morgan fingerprint density at radius 2 is 1.73 bits per heavy atom. The van der Waals surface area contributed by atoms with Crippen molar-refractivity contribution in [3.63, 3.8) is 0 Å². The number of imide groups is 1. The van der Waals surface area contributed by atoms with Crippen molar-refractivity contribution in [1.82, 2.24) is 5.01 Å². The molecule has 2 aromatic rings. The van der Waals surface area contributed by atoms with E-state index in [1.807, 2.05) is 0 Å². The molecule has 0 aromatic heterocycles. The third-order valence-electron chi connectivity index (χ3n) is 4.52. The summed E-state index contributed by atoms with van der Waals surface area (Å²) in [7, 11) is 0. The van der Waals surface area contributed by atoms with E-state index in [0.29, 0.717) is 15.7 Å². The van der Waals surface area contributed by atoms with E-state index in [1.165, 1.54) is 35.3 Å². The maximum Gasteiger partial charge on any atom is 0.263 e. The maximum absolute atomic E-state index is 13.0. The average molecular weight is 487 g/mol. The van der Waals surface area contributed by atoms with E-state index in [9.17, 15) is 14.4 Å². The molecule has 0 saturated carbocycles. The van der Waals surface area contributed by atoms with Crippen LogP contribution in [0.5, 0.6) is 0 Å². The van der Waals surface area contributed by atoms with Crippen molar-refractivity contribution in [3.8, 4) is 0 Å². The second-order valence-corrected chi connectivity index (χ2v) is 8.13. The van der Waals surface area contributed by atoms with Crippen LogP contribution in [-0.2, 0) is 14.4 Å². The van der Waals surface area contributed by atoms with Gasteiger partial charge < -0.3 is 5.32 Å². The molecule has 1 fully saturated rings. The zero-order chi connectivity index (χ0) is 21.6. The zero-order valence-corrected chi connectivity index (χ0v) is 17.9. The molecule has 3 amide bonds. The molecule has 154 valence electrons. The van der Waals surface area contributed by atoms with Crippen LogP contribution in [0.1, 0.15) is 0 Å². The fraction of sp³-hybridized carbons (Fsp3) is 0.167. The lowest BCUT2D eigenvalue weighted by molar-refractivity contribution is -0.123. The Balaban J connectivity index is 1.50. The predicted octanol–water partition coefficient (Wildman–Crippen LogP) is 4.23. The van der Waals surface area contributed by atoms with E-state index in [0.717, 1.165) is 4.90 Å². The number of carbonyl (C=O) groups is 3. The van der Waals surface area contributed by atoms with Gasteiger partial charge in [-0.15, -0.1) is 0 Å². The molecular formula is C18H11Cl4N5O3. The number of carbonyl (C=O) groups excluding carboxylic acids is 3. The molecule has 2 atom stereocenters. The van der Waals surface area contributed by atoms with Gasteiger partial charge in [0.2, 0.25) is 5.91 Å². The van der Waals surface area contributed by atoms with E-state index < -0.39 is 29.8 Å². The second kappa shape index (κ2) is 8.03. The van der Waals surface area contributed by atoms with Crippen molar-refractivity contribution in [1.29, 1.82) is 0 Å². The highest BCUT2D eigenvalue weighted by atomic mass is 35.5. The first kappa shape index (κ1) is 20.9. The number of amides is 3. The molecule has 4 rings (SSSR count). The first-order chi connectivity index (χ1) is 14.3. The summed E-state index contributed by atoms with van der Waals surface area (Å²) in [6.07, 6.45) is 0. The number of rotatable bonds is 4. The van der Waals surface area contributed by atoms with Crippen LogP contribution in [0.3, 0.4) is 0 Å². The second-order valence-electron chi connectivity index (χ2n) is 6.48. The lowest BCUT2D eigenvalue weighted by atomic mass is 10.1. The number of fused-ring (bicyclic) bond motifs is 1. The summed E-state index contributed by atoms with van der Waals surface area (Å²) >= 11 is 23.8. The summed E-state index contributed by atoms with van der Waals surface area (Å²) in [6.45, 7) is -0.299. The van der Waals surface area contributed by atoms with Gasteiger partial charge in [-0.05, 0) is 36.4 Å². The van der Waals surface area contributed by atoms with Crippen LogP contribution in [0.15, 0.2) is 46.7 Å². The smallest absolute Gasteiger partial charge is 0.263 e. The molecule has 2 aromatic carbocycles. The third-order valence-corrected chi connectivity index (χ3v) is 5.79. The minimum absolute atomic E-state index is 0.144. The lowest BCUT2D eigenvalue weighted by Crippen LogP contribution is -2.43. The van der Waals surface area contributed by atoms with Crippen LogP contribution < -0.4 is 10.2 Å². The lowest BCUT2D eigenvalue weighted by Gasteiger charge is -2.20. The van der Waals surface area contributed by atoms with Crippen LogP contribution in [0.25, 0.3) is 0 Å². The van der Waals surface area contributed by atoms with Gasteiger partial charge in [0.1, 0.15) is 6.54 Å². The Bertz CT molecular complexity index is 1110. The minimum Gasteiger partial charge on any atom is -0.324 e. The van der Waals surface area contributed by atoms with E-state index in [1.54, 1.807) is 6.07 Å². The predicted molar refractivity (Wildman–Crippen MR) is 113 cm³/mol. The molecule has 1 saturated heterocycles. The highest BCUT2D eigenvalue weighted by molar-refractivity contribution is 6.42. The summed E-state index contributed by atoms with van der Waals surface area (Å²) < 4.78 is 0. The van der Waals surface area contributed by atoms with Crippen molar-refractivity contribution in [2.75, 3.05) is 16.8 Å². The summed E-state index contributed by atoms with van der Waals surface area (Å²) in [6, 6.07) is 6.93. The molecular weight excluding hydrogens is 476 g/mol. The molecule has 0 bridgehead atoms. The molecule has 2 aliphatic rings. The van der Waals surface area contributed by atoms with Crippen LogP contribution in [0, 0.1) is 0 Å². The maximum atomic E-state index is 13.0. The number of benzene rings is 2. The minimum atomic E-state index is -1.05. The van der Waals surface area contributed by atoms with E-state index in [4.69, 9.17) is 46.4 Å². The first-order valence-corrected chi connectivity index (χ1v) is 10.0. The van der Waals surface area contributed by atoms with Gasteiger partial charge in [0.05, 0.1) is 20.8 Å². The van der Waals surface area contributed by atoms with Crippen LogP contribution >= 0.6 is 46.4 Å². The van der Waals surface area contributed by atoms with E-state index >= 15 is 0 Å². The average Bonchev–Trinajstić information content (AvgIpc) is 3.19. The monoisotopic (exact) mass is 485 g/mol. The normalized spacial score (nSPS) is 20.1. The van der Waals surface area contributed by atoms with Gasteiger partial charge in [-0.2, -0.15) is 5.11 Å². The third kappa shape index (κ3) is 3.72. The standard InChI is InChI=1S/C18H11Cl4N5O3/c19-8-1-4-13(12(22)5-8)27-17(29)15-16(18(27)30)26(25-24-15)7-14(28)23-9-2-3-10(20)11(21)6-9/h1-6,15-16H,7H2,(H,23,28). The molecule has 2 unspecified atom stereocenters. The van der Waals surface area contributed by atoms with Crippen LogP contribution in [0.4, 0.5) is 11.4 Å². The summed E-state index contributed by atoms with van der Waals surface area (Å²) in [4.78, 5) is 39.0. The number of hydrogen-bond acceptors (Lipinski definition) is 6. The van der Waals surface area contributed by atoms with Gasteiger partial charge in [0.25, 0.3) is 11.8 Å². The molecule has 2 aliphatic heterocycles. The SMILES string of the molecule is O=C(CN1N=NC2C(=O)N(c3ccc(Cl)cc3Cl)C(=O)C21)Nc1ccc(Cl)c(Cl)c1. The van der Waals surface area contributed by atoms with Crippen molar-refractivity contribution in [3.05, 3.63) is 56.5 Å². The summed E-state index contributed by atoms with van der Waals surface area (Å²) in [5.41, 5.74) is 0.617. The van der Waals surface area contributed by atoms with Gasteiger partial charge in [-0.3, -0.25) is 19.4 Å². The number of nitrogens with zero attached hydrogens (tertiary/aromatic N) is 4. The molecule has 2 heterocycles. The summed E-state index contributed by atoms with van der Waals surface area (Å²) in [5, 5.41) is 12.6. The zero-order valence-electron chi connectivity index (χ0n) is 14.9. The van der Waals surface area contributed by atoms with E-state index in [2.05, 4.69) is 15.7 Å². The first-order valence-electron chi connectivity index (χ1n) is 8.51. The van der Waals surface area contributed by atoms with Gasteiger partial charge in [-0.25, -0.2) is 4.90 Å². The van der Waals surface area contributed by atoms with Gasteiger partial charge >= 0.3 is 0 Å². The Kier molecular flexibility index (Phi) is 5.59. The molecule has 0 spiro atoms. The molecule has 1 N–H and O–H groups in total. The van der Waals surface area contributed by atoms with Crippen LogP contribution in [-0.4, -0.2) is 41.4 Å². The molecule has 0 aliphatic carbocycles. The topological polar surface area (TPSA) is 94.4 Å². The Morgan fingerprint density at radius 1 is 0.967 bits per heavy atom. The Morgan fingerprint density at radius 3 is 2.43 bits per heavy atom. The van der Waals surface area contributed by atoms with Crippen molar-refractivity contribution in [2.24, 2.45) is 10.3 Å². The molecule has 8 nitrogen and oxygen atoms in total. The number of hydrogen-bond donors (Lipinski definition) is 1. The summed E-state index contributed by atoms with van der Waals surface area (Å²) in [5.74, 6) is -1.64. The molecule has 0 radical (unpaired) electrons. The number of halogens is 4. The Labute approximate surface area is 190 Å². The van der Waals surface area contributed by atoms with Crippen molar-refractivity contribution >= 4 is 75.5 Å². The number of nitrogens with one attached hydrogen (secondary N) is 1. The van der Waals surface area contributed by atoms with Crippen molar-refractivity contribution < 1.29 is 14.4 Å². The highest BCUT2D eigenvalue weighted by Gasteiger charge is 2.55. The number of anilines is 2. The Hall–Kier alpha value is -2.39. The molecule has 30 heavy (non-hydrogen) atoms. The van der Waals surface area contributed by atoms with Gasteiger partial charge in [-0.1, -0.05) is 51.6 Å². The molecule has 12 heteroatoms. The fourth-order valence-electron chi connectivity index (χ4n) is 3.18. The van der Waals surface area contributed by atoms with Gasteiger partial charge in [0.15, 0.2) is 12.1 Å². The van der Waals surface area contributed by atoms with Crippen molar-refractivity contribution in [2.45, 2.75) is 12.1 Å².